The van der Waals surface area contributed by atoms with Gasteiger partial charge < -0.3 is 0 Å². The largest absolute Gasteiger partial charge is 0.251 e. The maximum absolute atomic E-state index is 12.1. The highest BCUT2D eigenvalue weighted by Crippen LogP contribution is 2.40. The standard InChI is InChI=1S/C32H51F/c1-2-3-7-10-28-18-22-31(23-19-28)32-24-20-30(21-25-32)17-16-29-14-12-27(13-15-29)11-8-5-4-6-9-26-33/h4-5,18-19,22-23,27,29-30,32H,2-3,6-17,20-21,24-26H2,1H3. The molecule has 0 aliphatic heterocycles. The van der Waals surface area contributed by atoms with Crippen LogP contribution in [0.4, 0.5) is 4.39 Å². The van der Waals surface area contributed by atoms with E-state index in [9.17, 15) is 4.39 Å². The van der Waals surface area contributed by atoms with Crippen molar-refractivity contribution in [2.45, 2.75) is 128 Å². The fraction of sp³-hybridized carbons (Fsp3) is 0.750. The lowest BCUT2D eigenvalue weighted by Gasteiger charge is -2.32. The quantitative estimate of drug-likeness (QED) is 0.194. The first kappa shape index (κ1) is 26.5. The molecule has 0 aromatic heterocycles. The Balaban J connectivity index is 1.26. The van der Waals surface area contributed by atoms with Crippen LogP contribution in [0.5, 0.6) is 0 Å². The lowest BCUT2D eigenvalue weighted by atomic mass is 9.74. The zero-order chi connectivity index (χ0) is 23.1. The molecular formula is C32H51F. The van der Waals surface area contributed by atoms with Crippen LogP contribution < -0.4 is 0 Å². The van der Waals surface area contributed by atoms with Crippen molar-refractivity contribution in [1.82, 2.24) is 0 Å². The molecule has 0 radical (unpaired) electrons. The fourth-order valence-corrected chi connectivity index (χ4v) is 6.36. The first-order chi connectivity index (χ1) is 16.3. The Bertz CT molecular complexity index is 629. The van der Waals surface area contributed by atoms with Crippen LogP contribution in [-0.2, 0) is 6.42 Å². The van der Waals surface area contributed by atoms with Crippen LogP contribution in [0.15, 0.2) is 36.4 Å². The van der Waals surface area contributed by atoms with Gasteiger partial charge in [0.25, 0.3) is 0 Å². The van der Waals surface area contributed by atoms with Gasteiger partial charge in [0.1, 0.15) is 0 Å². The van der Waals surface area contributed by atoms with Gasteiger partial charge in [0.2, 0.25) is 0 Å². The summed E-state index contributed by atoms with van der Waals surface area (Å²) in [4.78, 5) is 0. The van der Waals surface area contributed by atoms with E-state index in [2.05, 4.69) is 43.3 Å². The van der Waals surface area contributed by atoms with Crippen LogP contribution in [0, 0.1) is 17.8 Å². The molecule has 0 atom stereocenters. The van der Waals surface area contributed by atoms with Crippen LogP contribution in [0.2, 0.25) is 0 Å². The SMILES string of the molecule is CCCCCc1ccc(C2CCC(CCC3CCC(CCC=CCCCF)CC3)CC2)cc1. The molecule has 0 saturated heterocycles. The van der Waals surface area contributed by atoms with Crippen molar-refractivity contribution < 1.29 is 4.39 Å². The van der Waals surface area contributed by atoms with Gasteiger partial charge in [0.15, 0.2) is 0 Å². The summed E-state index contributed by atoms with van der Waals surface area (Å²) < 4.78 is 12.1. The van der Waals surface area contributed by atoms with Crippen molar-refractivity contribution in [3.63, 3.8) is 0 Å². The molecule has 2 aliphatic rings. The molecule has 3 rings (SSSR count). The van der Waals surface area contributed by atoms with Crippen molar-refractivity contribution in [2.24, 2.45) is 17.8 Å². The third-order valence-electron chi connectivity index (χ3n) is 8.73. The zero-order valence-corrected chi connectivity index (χ0v) is 21.6. The molecule has 0 spiro atoms. The van der Waals surface area contributed by atoms with Crippen LogP contribution in [0.25, 0.3) is 0 Å². The van der Waals surface area contributed by atoms with E-state index < -0.39 is 0 Å². The van der Waals surface area contributed by atoms with E-state index in [-0.39, 0.29) is 6.67 Å². The molecule has 1 aromatic rings. The Morgan fingerprint density at radius 1 is 0.697 bits per heavy atom. The highest BCUT2D eigenvalue weighted by molar-refractivity contribution is 5.26. The van der Waals surface area contributed by atoms with Crippen molar-refractivity contribution in [3.05, 3.63) is 47.5 Å². The van der Waals surface area contributed by atoms with Crippen LogP contribution in [0.1, 0.15) is 133 Å². The molecule has 1 heteroatoms. The second-order valence-electron chi connectivity index (χ2n) is 11.3. The summed E-state index contributed by atoms with van der Waals surface area (Å²) in [6, 6.07) is 9.67. The molecule has 33 heavy (non-hydrogen) atoms. The van der Waals surface area contributed by atoms with E-state index in [0.29, 0.717) is 6.42 Å². The van der Waals surface area contributed by atoms with Crippen molar-refractivity contribution in [3.8, 4) is 0 Å². The number of aryl methyl sites for hydroxylation is 1. The molecule has 0 bridgehead atoms. The van der Waals surface area contributed by atoms with Crippen molar-refractivity contribution in [2.75, 3.05) is 6.67 Å². The Morgan fingerprint density at radius 3 is 1.88 bits per heavy atom. The summed E-state index contributed by atoms with van der Waals surface area (Å²) in [6.07, 6.45) is 28.4. The second kappa shape index (κ2) is 15.7. The van der Waals surface area contributed by atoms with Gasteiger partial charge in [-0.3, -0.25) is 4.39 Å². The number of alkyl halides is 1. The topological polar surface area (TPSA) is 0 Å². The molecule has 0 unspecified atom stereocenters. The van der Waals surface area contributed by atoms with Crippen molar-refractivity contribution in [1.29, 1.82) is 0 Å². The highest BCUT2D eigenvalue weighted by Gasteiger charge is 2.25. The molecule has 0 amide bonds. The average molecular weight is 455 g/mol. The number of benzene rings is 1. The number of allylic oxidation sites excluding steroid dienone is 2. The Hall–Kier alpha value is -1.11. The maximum Gasteiger partial charge on any atom is 0.0897 e. The Labute approximate surface area is 204 Å². The lowest BCUT2D eigenvalue weighted by Crippen LogP contribution is -2.17. The summed E-state index contributed by atoms with van der Waals surface area (Å²) in [5.74, 6) is 3.74. The van der Waals surface area contributed by atoms with Gasteiger partial charge in [-0.1, -0.05) is 94.7 Å². The Kier molecular flexibility index (Phi) is 12.6. The van der Waals surface area contributed by atoms with Crippen LogP contribution in [-0.4, -0.2) is 6.67 Å². The van der Waals surface area contributed by atoms with Crippen LogP contribution in [0.3, 0.4) is 0 Å². The predicted molar refractivity (Wildman–Crippen MR) is 143 cm³/mol. The third-order valence-corrected chi connectivity index (χ3v) is 8.73. The molecule has 2 aliphatic carbocycles. The van der Waals surface area contributed by atoms with Gasteiger partial charge >= 0.3 is 0 Å². The van der Waals surface area contributed by atoms with E-state index in [1.807, 2.05) is 0 Å². The van der Waals surface area contributed by atoms with Gasteiger partial charge in [-0.15, -0.1) is 0 Å². The minimum atomic E-state index is -0.178. The summed E-state index contributed by atoms with van der Waals surface area (Å²) >= 11 is 0. The number of rotatable bonds is 14. The van der Waals surface area contributed by atoms with Crippen LogP contribution >= 0.6 is 0 Å². The van der Waals surface area contributed by atoms with Crippen molar-refractivity contribution >= 4 is 0 Å². The maximum atomic E-state index is 12.1. The molecule has 0 N–H and O–H groups in total. The molecule has 0 heterocycles. The first-order valence-corrected chi connectivity index (χ1v) is 14.6. The first-order valence-electron chi connectivity index (χ1n) is 14.6. The van der Waals surface area contributed by atoms with Gasteiger partial charge in [-0.05, 0) is 99.0 Å². The third kappa shape index (κ3) is 9.96. The molecule has 186 valence electrons. The summed E-state index contributed by atoms with van der Waals surface area (Å²) in [7, 11) is 0. The number of unbranched alkanes of at least 4 members (excludes halogenated alkanes) is 3. The van der Waals surface area contributed by atoms with E-state index >= 15 is 0 Å². The minimum Gasteiger partial charge on any atom is -0.251 e. The number of hydrogen-bond donors (Lipinski definition) is 0. The average Bonchev–Trinajstić information content (AvgIpc) is 2.86. The number of halogens is 1. The lowest BCUT2D eigenvalue weighted by molar-refractivity contribution is 0.225. The molecule has 0 nitrogen and oxygen atoms in total. The fourth-order valence-electron chi connectivity index (χ4n) is 6.36. The summed E-state index contributed by atoms with van der Waals surface area (Å²) in [6.45, 7) is 2.11. The summed E-state index contributed by atoms with van der Waals surface area (Å²) in [5, 5.41) is 0. The number of hydrogen-bond acceptors (Lipinski definition) is 0. The smallest absolute Gasteiger partial charge is 0.0897 e. The molecular weight excluding hydrogens is 403 g/mol. The van der Waals surface area contributed by atoms with E-state index in [1.165, 1.54) is 108 Å². The molecule has 1 aromatic carbocycles. The normalized spacial score (nSPS) is 26.1. The highest BCUT2D eigenvalue weighted by atomic mass is 19.1. The zero-order valence-electron chi connectivity index (χ0n) is 21.6. The predicted octanol–water partition coefficient (Wildman–Crippen LogP) is 10.4. The van der Waals surface area contributed by atoms with Gasteiger partial charge in [-0.25, -0.2) is 0 Å². The van der Waals surface area contributed by atoms with E-state index in [1.54, 1.807) is 5.56 Å². The van der Waals surface area contributed by atoms with E-state index in [4.69, 9.17) is 0 Å². The monoisotopic (exact) mass is 454 g/mol. The van der Waals surface area contributed by atoms with Gasteiger partial charge in [0.05, 0.1) is 6.67 Å². The van der Waals surface area contributed by atoms with Gasteiger partial charge in [0, 0.05) is 0 Å². The molecule has 2 saturated carbocycles. The minimum absolute atomic E-state index is 0.178. The summed E-state index contributed by atoms with van der Waals surface area (Å²) in [5.41, 5.74) is 3.13. The van der Waals surface area contributed by atoms with Gasteiger partial charge in [-0.2, -0.15) is 0 Å². The Morgan fingerprint density at radius 2 is 1.27 bits per heavy atom. The van der Waals surface area contributed by atoms with E-state index in [0.717, 1.165) is 30.1 Å². The second-order valence-corrected chi connectivity index (χ2v) is 11.3. The molecule has 2 fully saturated rings.